The number of nitrogens with zero attached hydrogens (tertiary/aromatic N) is 2. The van der Waals surface area contributed by atoms with Gasteiger partial charge in [-0.1, -0.05) is 36.2 Å². The second-order valence-electron chi connectivity index (χ2n) is 9.58. The quantitative estimate of drug-likeness (QED) is 0.706. The van der Waals surface area contributed by atoms with E-state index in [0.29, 0.717) is 23.7 Å². The van der Waals surface area contributed by atoms with Crippen LogP contribution in [0.4, 0.5) is 5.69 Å². The Balaban J connectivity index is 1.39. The number of amides is 3. The maximum atomic E-state index is 13.0. The standard InChI is InChI=1S/C27H33N3O3/c1-18-10-13-29(14-11-18)26(32)21-6-8-23(9-7-21)28-25(31)27(33)30-12-4-5-24(30)22-16-19(2)15-20(3)17-22/h6-9,15-18,24H,4-5,10-14H2,1-3H3,(H,28,31). The molecule has 1 atom stereocenters. The topological polar surface area (TPSA) is 69.7 Å². The monoisotopic (exact) mass is 447 g/mol. The average Bonchev–Trinajstić information content (AvgIpc) is 3.28. The van der Waals surface area contributed by atoms with Crippen molar-refractivity contribution < 1.29 is 14.4 Å². The zero-order chi connectivity index (χ0) is 23.5. The highest BCUT2D eigenvalue weighted by molar-refractivity contribution is 6.39. The lowest BCUT2D eigenvalue weighted by atomic mass is 9.98. The lowest BCUT2D eigenvalue weighted by Crippen LogP contribution is -2.39. The first kappa shape index (κ1) is 23.0. The van der Waals surface area contributed by atoms with Gasteiger partial charge in [0.25, 0.3) is 5.91 Å². The maximum Gasteiger partial charge on any atom is 0.313 e. The van der Waals surface area contributed by atoms with E-state index in [2.05, 4.69) is 30.4 Å². The molecule has 0 radical (unpaired) electrons. The van der Waals surface area contributed by atoms with E-state index in [9.17, 15) is 14.4 Å². The minimum Gasteiger partial charge on any atom is -0.339 e. The Kier molecular flexibility index (Phi) is 6.82. The number of nitrogens with one attached hydrogen (secondary N) is 1. The molecule has 2 aromatic rings. The number of piperidine rings is 1. The van der Waals surface area contributed by atoms with Crippen LogP contribution < -0.4 is 5.32 Å². The van der Waals surface area contributed by atoms with Gasteiger partial charge in [0.1, 0.15) is 0 Å². The number of hydrogen-bond donors (Lipinski definition) is 1. The molecule has 2 heterocycles. The summed E-state index contributed by atoms with van der Waals surface area (Å²) in [5.41, 5.74) is 4.51. The van der Waals surface area contributed by atoms with Crippen molar-refractivity contribution in [1.82, 2.24) is 9.80 Å². The molecule has 1 N–H and O–H groups in total. The summed E-state index contributed by atoms with van der Waals surface area (Å²) in [6, 6.07) is 13.0. The number of aryl methyl sites for hydroxylation is 2. The Morgan fingerprint density at radius 3 is 2.15 bits per heavy atom. The van der Waals surface area contributed by atoms with Crippen LogP contribution in [0.2, 0.25) is 0 Å². The van der Waals surface area contributed by atoms with Gasteiger partial charge in [-0.05, 0) is 75.3 Å². The highest BCUT2D eigenvalue weighted by Crippen LogP contribution is 2.33. The minimum atomic E-state index is -0.643. The molecule has 0 spiro atoms. The lowest BCUT2D eigenvalue weighted by molar-refractivity contribution is -0.143. The van der Waals surface area contributed by atoms with Gasteiger partial charge in [-0.15, -0.1) is 0 Å². The van der Waals surface area contributed by atoms with Crippen molar-refractivity contribution in [2.75, 3.05) is 25.0 Å². The molecule has 4 rings (SSSR count). The van der Waals surface area contributed by atoms with Crippen LogP contribution in [0.15, 0.2) is 42.5 Å². The van der Waals surface area contributed by atoms with Crippen molar-refractivity contribution in [3.63, 3.8) is 0 Å². The Hall–Kier alpha value is -3.15. The van der Waals surface area contributed by atoms with E-state index >= 15 is 0 Å². The number of hydrogen-bond acceptors (Lipinski definition) is 3. The van der Waals surface area contributed by atoms with E-state index in [1.165, 1.54) is 0 Å². The third kappa shape index (κ3) is 5.27. The molecule has 3 amide bonds. The summed E-state index contributed by atoms with van der Waals surface area (Å²) in [6.07, 6.45) is 3.79. The van der Waals surface area contributed by atoms with Crippen LogP contribution in [0, 0.1) is 19.8 Å². The predicted octanol–water partition coefficient (Wildman–Crippen LogP) is 4.48. The number of anilines is 1. The first-order valence-corrected chi connectivity index (χ1v) is 11.9. The van der Waals surface area contributed by atoms with Crippen LogP contribution >= 0.6 is 0 Å². The van der Waals surface area contributed by atoms with Gasteiger partial charge >= 0.3 is 11.8 Å². The van der Waals surface area contributed by atoms with Gasteiger partial charge in [-0.2, -0.15) is 0 Å². The number of benzene rings is 2. The maximum absolute atomic E-state index is 13.0. The smallest absolute Gasteiger partial charge is 0.313 e. The Labute approximate surface area is 196 Å². The zero-order valence-corrected chi connectivity index (χ0v) is 19.8. The molecule has 33 heavy (non-hydrogen) atoms. The average molecular weight is 448 g/mol. The fourth-order valence-corrected chi connectivity index (χ4v) is 4.96. The summed E-state index contributed by atoms with van der Waals surface area (Å²) in [7, 11) is 0. The number of rotatable bonds is 3. The normalized spacial score (nSPS) is 18.9. The summed E-state index contributed by atoms with van der Waals surface area (Å²) < 4.78 is 0. The summed E-state index contributed by atoms with van der Waals surface area (Å²) in [5.74, 6) is -0.479. The molecule has 0 aromatic heterocycles. The molecule has 2 aliphatic heterocycles. The van der Waals surface area contributed by atoms with Crippen LogP contribution in [-0.2, 0) is 9.59 Å². The zero-order valence-electron chi connectivity index (χ0n) is 19.8. The first-order valence-electron chi connectivity index (χ1n) is 11.9. The highest BCUT2D eigenvalue weighted by Gasteiger charge is 2.33. The van der Waals surface area contributed by atoms with Gasteiger partial charge in [-0.25, -0.2) is 0 Å². The Morgan fingerprint density at radius 1 is 0.879 bits per heavy atom. The molecular formula is C27H33N3O3. The van der Waals surface area contributed by atoms with Crippen LogP contribution in [0.25, 0.3) is 0 Å². The molecule has 0 bridgehead atoms. The van der Waals surface area contributed by atoms with Crippen molar-refractivity contribution in [3.8, 4) is 0 Å². The van der Waals surface area contributed by atoms with Gasteiger partial charge in [0.2, 0.25) is 0 Å². The van der Waals surface area contributed by atoms with Crippen molar-refractivity contribution in [2.45, 2.75) is 52.5 Å². The molecule has 2 fully saturated rings. The third-order valence-electron chi connectivity index (χ3n) is 6.80. The second-order valence-corrected chi connectivity index (χ2v) is 9.58. The second kappa shape index (κ2) is 9.77. The highest BCUT2D eigenvalue weighted by atomic mass is 16.2. The van der Waals surface area contributed by atoms with E-state index in [4.69, 9.17) is 0 Å². The molecule has 0 saturated carbocycles. The molecule has 2 aromatic carbocycles. The Morgan fingerprint density at radius 2 is 1.52 bits per heavy atom. The first-order chi connectivity index (χ1) is 15.8. The van der Waals surface area contributed by atoms with Crippen molar-refractivity contribution >= 4 is 23.4 Å². The van der Waals surface area contributed by atoms with E-state index in [1.807, 2.05) is 18.7 Å². The van der Waals surface area contributed by atoms with Crippen LogP contribution in [0.5, 0.6) is 0 Å². The third-order valence-corrected chi connectivity index (χ3v) is 6.80. The molecule has 6 heteroatoms. The Bertz CT molecular complexity index is 1020. The van der Waals surface area contributed by atoms with E-state index in [0.717, 1.165) is 55.5 Å². The molecule has 2 saturated heterocycles. The largest absolute Gasteiger partial charge is 0.339 e. The van der Waals surface area contributed by atoms with Gasteiger partial charge in [-0.3, -0.25) is 14.4 Å². The van der Waals surface area contributed by atoms with Crippen LogP contribution in [0.3, 0.4) is 0 Å². The summed E-state index contributed by atoms with van der Waals surface area (Å²) in [5, 5.41) is 2.71. The SMILES string of the molecule is Cc1cc(C)cc(C2CCCN2C(=O)C(=O)Nc2ccc(C(=O)N3CCC(C)CC3)cc2)c1. The van der Waals surface area contributed by atoms with Gasteiger partial charge in [0.05, 0.1) is 6.04 Å². The van der Waals surface area contributed by atoms with E-state index in [1.54, 1.807) is 29.2 Å². The van der Waals surface area contributed by atoms with Crippen LogP contribution in [0.1, 0.15) is 65.7 Å². The van der Waals surface area contributed by atoms with E-state index in [-0.39, 0.29) is 11.9 Å². The van der Waals surface area contributed by atoms with Gasteiger partial charge in [0.15, 0.2) is 0 Å². The molecule has 2 aliphatic rings. The van der Waals surface area contributed by atoms with Crippen molar-refractivity contribution in [2.24, 2.45) is 5.92 Å². The van der Waals surface area contributed by atoms with E-state index < -0.39 is 11.8 Å². The molecule has 1 unspecified atom stereocenters. The fourth-order valence-electron chi connectivity index (χ4n) is 4.96. The number of likely N-dealkylation sites (tertiary alicyclic amines) is 2. The summed E-state index contributed by atoms with van der Waals surface area (Å²) >= 11 is 0. The fraction of sp³-hybridized carbons (Fsp3) is 0.444. The van der Waals surface area contributed by atoms with Crippen LogP contribution in [-0.4, -0.2) is 47.2 Å². The molecule has 0 aliphatic carbocycles. The predicted molar refractivity (Wildman–Crippen MR) is 129 cm³/mol. The van der Waals surface area contributed by atoms with Gasteiger partial charge < -0.3 is 15.1 Å². The lowest BCUT2D eigenvalue weighted by Gasteiger charge is -2.30. The van der Waals surface area contributed by atoms with Crippen molar-refractivity contribution in [3.05, 3.63) is 64.7 Å². The molecule has 174 valence electrons. The number of carbonyl (C=O) groups is 3. The van der Waals surface area contributed by atoms with Gasteiger partial charge in [0, 0.05) is 30.9 Å². The number of carbonyl (C=O) groups excluding carboxylic acids is 3. The minimum absolute atomic E-state index is 0.0178. The summed E-state index contributed by atoms with van der Waals surface area (Å²) in [6.45, 7) is 8.45. The summed E-state index contributed by atoms with van der Waals surface area (Å²) in [4.78, 5) is 42.0. The van der Waals surface area contributed by atoms with Crippen molar-refractivity contribution in [1.29, 1.82) is 0 Å². The molecular weight excluding hydrogens is 414 g/mol. The molecule has 6 nitrogen and oxygen atoms in total.